The number of benzene rings is 1. The van der Waals surface area contributed by atoms with Crippen LogP contribution in [0.15, 0.2) is 30.6 Å². The first kappa shape index (κ1) is 22.5. The zero-order chi connectivity index (χ0) is 21.7. The summed E-state index contributed by atoms with van der Waals surface area (Å²) in [6, 6.07) is 7.91. The summed E-state index contributed by atoms with van der Waals surface area (Å²) in [6.45, 7) is 0. The van der Waals surface area contributed by atoms with Crippen LogP contribution in [0.4, 0.5) is 32.2 Å². The number of para-hydroxylation sites is 1. The number of hydrogen-bond donors (Lipinski definition) is 4. The van der Waals surface area contributed by atoms with Crippen LogP contribution >= 0.6 is 0 Å². The van der Waals surface area contributed by atoms with E-state index in [1.165, 1.54) is 6.33 Å². The van der Waals surface area contributed by atoms with Crippen LogP contribution in [-0.4, -0.2) is 49.5 Å². The first-order chi connectivity index (χ1) is 12.7. The number of halogens is 6. The molecule has 2 aliphatic rings. The summed E-state index contributed by atoms with van der Waals surface area (Å²) < 4.78 is 63.5. The molecule has 0 saturated carbocycles. The largest absolute Gasteiger partial charge is 0.490 e. The van der Waals surface area contributed by atoms with Crippen LogP contribution in [-0.2, 0) is 9.59 Å². The number of alkyl halides is 6. The van der Waals surface area contributed by atoms with Crippen molar-refractivity contribution < 1.29 is 46.1 Å². The summed E-state index contributed by atoms with van der Waals surface area (Å²) in [5, 5.41) is 15.3. The average Bonchev–Trinajstić information content (AvgIpc) is 3.05. The van der Waals surface area contributed by atoms with Crippen LogP contribution in [0.1, 0.15) is 0 Å². The Balaban J connectivity index is 0.000000240. The minimum atomic E-state index is -5.08. The number of carboxylic acid groups (broad SMARTS) is 2. The molecule has 0 fully saturated rings. The van der Waals surface area contributed by atoms with E-state index in [4.69, 9.17) is 25.5 Å². The molecular weight excluding hydrogens is 402 g/mol. The number of hydrogen-bond acceptors (Lipinski definition) is 5. The third kappa shape index (κ3) is 6.00. The standard InChI is InChI=1S/C10H8N4.2C2HF3O2/c11-10-9-8(12-5-13-9)6-3-1-2-4-7(6)14-10;2*3-2(4,5)1(6)7/h1-5,14H,11H2;2*(H,6,7). The molecule has 28 heavy (non-hydrogen) atoms. The Morgan fingerprint density at radius 1 is 0.893 bits per heavy atom. The van der Waals surface area contributed by atoms with Crippen molar-refractivity contribution in [2.45, 2.75) is 12.4 Å². The molecule has 1 aromatic carbocycles. The number of fused-ring (bicyclic) bond motifs is 3. The molecule has 0 unspecified atom stereocenters. The Hall–Kier alpha value is -3.58. The molecule has 14 heteroatoms. The smallest absolute Gasteiger partial charge is 0.475 e. The Kier molecular flexibility index (Phi) is 6.74. The van der Waals surface area contributed by atoms with E-state index in [2.05, 4.69) is 15.0 Å². The number of aromatic amines is 1. The molecule has 3 rings (SSSR count). The topological polar surface area (TPSA) is 142 Å². The molecule has 2 heterocycles. The number of carbonyl (C=O) groups is 2. The van der Waals surface area contributed by atoms with E-state index < -0.39 is 24.3 Å². The molecule has 0 radical (unpaired) electrons. The molecule has 5 N–H and O–H groups in total. The second kappa shape index (κ2) is 8.41. The molecule has 0 atom stereocenters. The van der Waals surface area contributed by atoms with Gasteiger partial charge in [-0.2, -0.15) is 26.3 Å². The molecule has 1 aromatic rings. The van der Waals surface area contributed by atoms with Gasteiger partial charge in [-0.1, -0.05) is 18.2 Å². The molecule has 0 aliphatic carbocycles. The Morgan fingerprint density at radius 2 is 1.32 bits per heavy atom. The Bertz CT molecular complexity index is 914. The molecule has 0 amide bonds. The van der Waals surface area contributed by atoms with E-state index in [0.29, 0.717) is 5.82 Å². The highest BCUT2D eigenvalue weighted by molar-refractivity contribution is 5.96. The van der Waals surface area contributed by atoms with Crippen molar-refractivity contribution >= 4 is 28.7 Å². The quantitative estimate of drug-likeness (QED) is 0.416. The van der Waals surface area contributed by atoms with Gasteiger partial charge in [0.25, 0.3) is 0 Å². The van der Waals surface area contributed by atoms with Gasteiger partial charge in [0, 0.05) is 10.9 Å². The van der Waals surface area contributed by atoms with Crippen molar-refractivity contribution in [2.24, 2.45) is 0 Å². The van der Waals surface area contributed by atoms with Crippen LogP contribution in [0, 0.1) is 0 Å². The van der Waals surface area contributed by atoms with Crippen molar-refractivity contribution in [1.29, 1.82) is 0 Å². The highest BCUT2D eigenvalue weighted by atomic mass is 19.4. The summed E-state index contributed by atoms with van der Waals surface area (Å²) in [4.78, 5) is 29.2. The van der Waals surface area contributed by atoms with Gasteiger partial charge in [0.15, 0.2) is 0 Å². The van der Waals surface area contributed by atoms with E-state index in [0.717, 1.165) is 22.3 Å². The average molecular weight is 412 g/mol. The second-order valence-corrected chi connectivity index (χ2v) is 4.76. The number of carboxylic acids is 2. The lowest BCUT2D eigenvalue weighted by Crippen LogP contribution is -2.21. The highest BCUT2D eigenvalue weighted by Gasteiger charge is 2.38. The van der Waals surface area contributed by atoms with Crippen molar-refractivity contribution in [1.82, 2.24) is 15.0 Å². The summed E-state index contributed by atoms with van der Waals surface area (Å²) in [7, 11) is 0. The summed E-state index contributed by atoms with van der Waals surface area (Å²) >= 11 is 0. The SMILES string of the molecule is Nc1[nH]c2ccccc2c2ncnc1-2.O=C(O)C(F)(F)F.O=C(O)C(F)(F)F. The molecular formula is C14H10F6N4O4. The molecule has 2 aliphatic heterocycles. The summed E-state index contributed by atoms with van der Waals surface area (Å²) in [5.41, 5.74) is 8.39. The number of aromatic nitrogens is 3. The normalized spacial score (nSPS) is 11.2. The minimum absolute atomic E-state index is 0.566. The van der Waals surface area contributed by atoms with Gasteiger partial charge >= 0.3 is 24.3 Å². The van der Waals surface area contributed by atoms with Crippen molar-refractivity contribution in [3.8, 4) is 11.4 Å². The van der Waals surface area contributed by atoms with Gasteiger partial charge in [-0.05, 0) is 6.07 Å². The number of nitrogens with one attached hydrogen (secondary N) is 1. The van der Waals surface area contributed by atoms with Crippen LogP contribution in [0.25, 0.3) is 22.3 Å². The fourth-order valence-electron chi connectivity index (χ4n) is 1.66. The van der Waals surface area contributed by atoms with E-state index in [-0.39, 0.29) is 0 Å². The number of imidazole rings is 1. The van der Waals surface area contributed by atoms with E-state index >= 15 is 0 Å². The predicted molar refractivity (Wildman–Crippen MR) is 82.3 cm³/mol. The zero-order valence-electron chi connectivity index (χ0n) is 13.3. The van der Waals surface area contributed by atoms with E-state index in [9.17, 15) is 26.3 Å². The van der Waals surface area contributed by atoms with Crippen LogP contribution in [0.2, 0.25) is 0 Å². The maximum Gasteiger partial charge on any atom is 0.490 e. The number of nitrogens with two attached hydrogens (primary N) is 1. The summed E-state index contributed by atoms with van der Waals surface area (Å²) in [6.07, 6.45) is -8.64. The molecule has 152 valence electrons. The maximum atomic E-state index is 10.6. The number of pyridine rings is 1. The monoisotopic (exact) mass is 412 g/mol. The van der Waals surface area contributed by atoms with Crippen molar-refractivity contribution in [2.75, 3.05) is 5.73 Å². The van der Waals surface area contributed by atoms with Gasteiger partial charge in [-0.25, -0.2) is 19.6 Å². The maximum absolute atomic E-state index is 10.6. The van der Waals surface area contributed by atoms with Crippen molar-refractivity contribution in [3.63, 3.8) is 0 Å². The van der Waals surface area contributed by atoms with Crippen LogP contribution < -0.4 is 5.73 Å². The molecule has 0 saturated heterocycles. The lowest BCUT2D eigenvalue weighted by Gasteiger charge is -2.05. The third-order valence-corrected chi connectivity index (χ3v) is 2.79. The van der Waals surface area contributed by atoms with Crippen molar-refractivity contribution in [3.05, 3.63) is 30.6 Å². The van der Waals surface area contributed by atoms with Gasteiger partial charge in [0.2, 0.25) is 0 Å². The fraction of sp³-hybridized carbons (Fsp3) is 0.143. The summed E-state index contributed by atoms with van der Waals surface area (Å²) in [5.74, 6) is -4.95. The van der Waals surface area contributed by atoms with Crippen LogP contribution in [0.3, 0.4) is 0 Å². The highest BCUT2D eigenvalue weighted by Crippen LogP contribution is 2.29. The lowest BCUT2D eigenvalue weighted by molar-refractivity contribution is -0.193. The van der Waals surface area contributed by atoms with Crippen LogP contribution in [0.5, 0.6) is 0 Å². The number of anilines is 1. The van der Waals surface area contributed by atoms with Gasteiger partial charge < -0.3 is 20.9 Å². The molecule has 0 bridgehead atoms. The van der Waals surface area contributed by atoms with E-state index in [1.807, 2.05) is 24.3 Å². The minimum Gasteiger partial charge on any atom is -0.475 e. The first-order valence-corrected chi connectivity index (χ1v) is 6.82. The van der Waals surface area contributed by atoms with E-state index in [1.54, 1.807) is 0 Å². The number of aliphatic carboxylic acids is 2. The number of nitrogens with zero attached hydrogens (tertiary/aromatic N) is 2. The Labute approximate surface area is 151 Å². The molecule has 0 aromatic heterocycles. The number of rotatable bonds is 0. The number of H-pyrrole nitrogens is 1. The van der Waals surface area contributed by atoms with Gasteiger partial charge in [0.1, 0.15) is 23.5 Å². The van der Waals surface area contributed by atoms with Gasteiger partial charge in [-0.3, -0.25) is 0 Å². The molecule has 8 nitrogen and oxygen atoms in total. The predicted octanol–water partition coefficient (Wildman–Crippen LogP) is 2.91. The number of nitrogen functional groups attached to an aromatic ring is 1. The van der Waals surface area contributed by atoms with Gasteiger partial charge in [0.05, 0.1) is 0 Å². The second-order valence-electron chi connectivity index (χ2n) is 4.76. The fourth-order valence-corrected chi connectivity index (χ4v) is 1.66. The lowest BCUT2D eigenvalue weighted by atomic mass is 10.1. The first-order valence-electron chi connectivity index (χ1n) is 6.82. The molecule has 0 spiro atoms. The third-order valence-electron chi connectivity index (χ3n) is 2.79. The Morgan fingerprint density at radius 3 is 1.79 bits per heavy atom. The van der Waals surface area contributed by atoms with Gasteiger partial charge in [-0.15, -0.1) is 0 Å². The zero-order valence-corrected chi connectivity index (χ0v) is 13.3.